The largest absolute Gasteiger partial charge is 0.393 e. The maximum atomic E-state index is 11.1. The van der Waals surface area contributed by atoms with Crippen LogP contribution in [0.5, 0.6) is 0 Å². The summed E-state index contributed by atoms with van der Waals surface area (Å²) in [6.07, 6.45) is 2.26. The van der Waals surface area contributed by atoms with Gasteiger partial charge in [0.05, 0.1) is 18.3 Å². The molecular formula is C20H32O4. The van der Waals surface area contributed by atoms with E-state index in [9.17, 15) is 20.4 Å². The van der Waals surface area contributed by atoms with Gasteiger partial charge in [-0.25, -0.2) is 0 Å². The Morgan fingerprint density at radius 1 is 0.958 bits per heavy atom. The van der Waals surface area contributed by atoms with E-state index in [1.54, 1.807) is 0 Å². The van der Waals surface area contributed by atoms with E-state index in [1.165, 1.54) is 0 Å². The van der Waals surface area contributed by atoms with Crippen molar-refractivity contribution in [2.24, 2.45) is 28.1 Å². The first-order chi connectivity index (χ1) is 11.0. The summed E-state index contributed by atoms with van der Waals surface area (Å²) in [5.74, 6) is 0.561. The maximum Gasteiger partial charge on any atom is 0.114 e. The summed E-state index contributed by atoms with van der Waals surface area (Å²) in [4.78, 5) is 0. The van der Waals surface area contributed by atoms with Gasteiger partial charge in [0, 0.05) is 5.41 Å². The molecule has 136 valence electrons. The van der Waals surface area contributed by atoms with Gasteiger partial charge in [0.15, 0.2) is 0 Å². The number of rotatable bonds is 0. The highest BCUT2D eigenvalue weighted by Gasteiger charge is 2.74. The highest BCUT2D eigenvalue weighted by atomic mass is 16.4. The Morgan fingerprint density at radius 2 is 1.58 bits per heavy atom. The monoisotopic (exact) mass is 336 g/mol. The maximum absolute atomic E-state index is 11.1. The van der Waals surface area contributed by atoms with Gasteiger partial charge in [0.25, 0.3) is 0 Å². The van der Waals surface area contributed by atoms with Crippen LogP contribution in [0.1, 0.15) is 59.3 Å². The average Bonchev–Trinajstić information content (AvgIpc) is 2.55. The molecule has 4 aliphatic carbocycles. The minimum atomic E-state index is -1.35. The average molecular weight is 336 g/mol. The number of fused-ring (bicyclic) bond motifs is 3. The van der Waals surface area contributed by atoms with Crippen molar-refractivity contribution in [1.29, 1.82) is 0 Å². The standard InChI is InChI=1S/C20H32O4/c1-11-15(22)19-7-5-13-17(2,3)9-12(21)10-18(13,4)14(19)6-8-20(11,24)16(19)23/h12-16,21-24H,1,5-10H2,2-4H3/t12-,13-,14-,15+,16+,18-,19-,20-/m1/s1. The van der Waals surface area contributed by atoms with Gasteiger partial charge in [0.1, 0.15) is 5.60 Å². The highest BCUT2D eigenvalue weighted by Crippen LogP contribution is 2.72. The van der Waals surface area contributed by atoms with Crippen LogP contribution in [-0.4, -0.2) is 44.3 Å². The lowest BCUT2D eigenvalue weighted by atomic mass is 9.40. The Morgan fingerprint density at radius 3 is 2.25 bits per heavy atom. The molecular weight excluding hydrogens is 304 g/mol. The summed E-state index contributed by atoms with van der Waals surface area (Å²) in [7, 11) is 0. The minimum Gasteiger partial charge on any atom is -0.393 e. The molecule has 4 N–H and O–H groups in total. The van der Waals surface area contributed by atoms with Crippen molar-refractivity contribution in [2.75, 3.05) is 0 Å². The molecule has 4 fully saturated rings. The molecule has 4 aliphatic rings. The van der Waals surface area contributed by atoms with Gasteiger partial charge in [-0.2, -0.15) is 0 Å². The molecule has 8 atom stereocenters. The van der Waals surface area contributed by atoms with Gasteiger partial charge in [-0.15, -0.1) is 0 Å². The first-order valence-electron chi connectivity index (χ1n) is 9.46. The quantitative estimate of drug-likeness (QED) is 0.510. The van der Waals surface area contributed by atoms with Crippen molar-refractivity contribution in [2.45, 2.75) is 83.2 Å². The molecule has 0 saturated heterocycles. The summed E-state index contributed by atoms with van der Waals surface area (Å²) >= 11 is 0. The number of aliphatic hydroxyl groups is 4. The predicted molar refractivity (Wildman–Crippen MR) is 91.1 cm³/mol. The van der Waals surface area contributed by atoms with E-state index >= 15 is 0 Å². The van der Waals surface area contributed by atoms with E-state index in [0.717, 1.165) is 32.1 Å². The van der Waals surface area contributed by atoms with Crippen LogP contribution in [0.15, 0.2) is 12.2 Å². The van der Waals surface area contributed by atoms with Gasteiger partial charge in [-0.05, 0) is 66.8 Å². The molecule has 1 spiro atoms. The first kappa shape index (κ1) is 17.0. The molecule has 0 aromatic rings. The van der Waals surface area contributed by atoms with Gasteiger partial charge < -0.3 is 20.4 Å². The molecule has 4 heteroatoms. The summed E-state index contributed by atoms with van der Waals surface area (Å²) < 4.78 is 0. The molecule has 0 aromatic heterocycles. The molecule has 0 amide bonds. The number of hydrogen-bond acceptors (Lipinski definition) is 4. The Bertz CT molecular complexity index is 586. The third-order valence-corrected chi connectivity index (χ3v) is 8.66. The first-order valence-corrected chi connectivity index (χ1v) is 9.46. The molecule has 4 saturated carbocycles. The van der Waals surface area contributed by atoms with E-state index in [-0.39, 0.29) is 22.9 Å². The van der Waals surface area contributed by atoms with E-state index in [1.807, 2.05) is 0 Å². The Balaban J connectivity index is 1.84. The van der Waals surface area contributed by atoms with Crippen molar-refractivity contribution in [3.8, 4) is 0 Å². The zero-order valence-electron chi connectivity index (χ0n) is 15.1. The fourth-order valence-electron chi connectivity index (χ4n) is 7.90. The normalized spacial score (nSPS) is 59.0. The van der Waals surface area contributed by atoms with Crippen LogP contribution in [0.4, 0.5) is 0 Å². The highest BCUT2D eigenvalue weighted by molar-refractivity contribution is 5.38. The zero-order valence-corrected chi connectivity index (χ0v) is 15.1. The zero-order chi connectivity index (χ0) is 17.7. The molecule has 0 aromatic carbocycles. The summed E-state index contributed by atoms with van der Waals surface area (Å²) in [5, 5.41) is 43.6. The molecule has 0 heterocycles. The fourth-order valence-corrected chi connectivity index (χ4v) is 7.90. The molecule has 4 rings (SSSR count). The SMILES string of the molecule is C=C1[C@H](O)[C@@]23CC[C@@H]4C(C)(C)C[C@@H](O)C[C@@]4(C)[C@H]2CC[C@]1(O)[C@H]3O. The summed E-state index contributed by atoms with van der Waals surface area (Å²) in [6.45, 7) is 10.7. The number of aliphatic hydroxyl groups excluding tert-OH is 3. The summed E-state index contributed by atoms with van der Waals surface area (Å²) in [6, 6.07) is 0. The van der Waals surface area contributed by atoms with Crippen LogP contribution in [-0.2, 0) is 0 Å². The third-order valence-electron chi connectivity index (χ3n) is 8.66. The molecule has 0 unspecified atom stereocenters. The van der Waals surface area contributed by atoms with Crippen LogP contribution in [0.3, 0.4) is 0 Å². The second-order valence-electron chi connectivity index (χ2n) is 10.1. The van der Waals surface area contributed by atoms with Crippen LogP contribution >= 0.6 is 0 Å². The van der Waals surface area contributed by atoms with E-state index in [0.29, 0.717) is 17.9 Å². The third kappa shape index (κ3) is 1.69. The molecule has 24 heavy (non-hydrogen) atoms. The smallest absolute Gasteiger partial charge is 0.114 e. The van der Waals surface area contributed by atoms with E-state index < -0.39 is 23.2 Å². The lowest BCUT2D eigenvalue weighted by molar-refractivity contribution is -0.237. The molecule has 4 nitrogen and oxygen atoms in total. The lowest BCUT2D eigenvalue weighted by Crippen LogP contribution is -2.65. The molecule has 0 radical (unpaired) electrons. The van der Waals surface area contributed by atoms with Gasteiger partial charge in [-0.1, -0.05) is 27.4 Å². The topological polar surface area (TPSA) is 80.9 Å². The lowest BCUT2D eigenvalue weighted by Gasteiger charge is -2.66. The minimum absolute atomic E-state index is 0.0489. The van der Waals surface area contributed by atoms with Gasteiger partial charge in [-0.3, -0.25) is 0 Å². The fraction of sp³-hybridized carbons (Fsp3) is 0.900. The van der Waals surface area contributed by atoms with Crippen molar-refractivity contribution >= 4 is 0 Å². The second-order valence-corrected chi connectivity index (χ2v) is 10.1. The molecule has 0 aliphatic heterocycles. The van der Waals surface area contributed by atoms with E-state index in [2.05, 4.69) is 27.4 Å². The Hall–Kier alpha value is -0.420. The predicted octanol–water partition coefficient (Wildman–Crippen LogP) is 2.00. The van der Waals surface area contributed by atoms with E-state index in [4.69, 9.17) is 0 Å². The van der Waals surface area contributed by atoms with Crippen LogP contribution < -0.4 is 0 Å². The van der Waals surface area contributed by atoms with Gasteiger partial charge >= 0.3 is 0 Å². The van der Waals surface area contributed by atoms with Gasteiger partial charge in [0.2, 0.25) is 0 Å². The number of hydrogen-bond donors (Lipinski definition) is 4. The van der Waals surface area contributed by atoms with Crippen molar-refractivity contribution in [1.82, 2.24) is 0 Å². The Kier molecular flexibility index (Phi) is 3.29. The molecule has 2 bridgehead atoms. The van der Waals surface area contributed by atoms with Crippen LogP contribution in [0.2, 0.25) is 0 Å². The van der Waals surface area contributed by atoms with Crippen molar-refractivity contribution < 1.29 is 20.4 Å². The van der Waals surface area contributed by atoms with Crippen molar-refractivity contribution in [3.63, 3.8) is 0 Å². The second kappa shape index (κ2) is 4.64. The Labute approximate surface area is 144 Å². The van der Waals surface area contributed by atoms with Crippen molar-refractivity contribution in [3.05, 3.63) is 12.2 Å². The summed E-state index contributed by atoms with van der Waals surface area (Å²) in [5.41, 5.74) is -1.74. The van der Waals surface area contributed by atoms with Crippen LogP contribution in [0, 0.1) is 28.1 Å². The van der Waals surface area contributed by atoms with Crippen LogP contribution in [0.25, 0.3) is 0 Å².